The van der Waals surface area contributed by atoms with Crippen molar-refractivity contribution < 1.29 is 0 Å². The van der Waals surface area contributed by atoms with Gasteiger partial charge in [-0.05, 0) is 30.2 Å². The molecule has 0 heterocycles. The van der Waals surface area contributed by atoms with Gasteiger partial charge in [0.1, 0.15) is 0 Å². The van der Waals surface area contributed by atoms with Crippen LogP contribution in [-0.2, 0) is 0 Å². The maximum Gasteiger partial charge on any atom is -0.0159 e. The first kappa shape index (κ1) is 7.85. The van der Waals surface area contributed by atoms with Gasteiger partial charge in [0, 0.05) is 0 Å². The molecule has 2 atom stereocenters. The third-order valence-electron chi connectivity index (χ3n) is 2.97. The van der Waals surface area contributed by atoms with E-state index in [1.807, 2.05) is 0 Å². The van der Waals surface area contributed by atoms with Crippen LogP contribution in [0.5, 0.6) is 0 Å². The summed E-state index contributed by atoms with van der Waals surface area (Å²) < 4.78 is 0. The molecular formula is C12H16. The zero-order chi connectivity index (χ0) is 8.39. The van der Waals surface area contributed by atoms with Crippen molar-refractivity contribution in [1.82, 2.24) is 0 Å². The second kappa shape index (κ2) is 3.30. The summed E-state index contributed by atoms with van der Waals surface area (Å²) >= 11 is 0. The van der Waals surface area contributed by atoms with Crippen molar-refractivity contribution in [2.24, 2.45) is 5.92 Å². The average molecular weight is 160 g/mol. The molecular weight excluding hydrogens is 144 g/mol. The Labute approximate surface area is 74.6 Å². The van der Waals surface area contributed by atoms with Gasteiger partial charge < -0.3 is 0 Å². The van der Waals surface area contributed by atoms with Crippen LogP contribution in [0.15, 0.2) is 30.3 Å². The maximum atomic E-state index is 2.36. The van der Waals surface area contributed by atoms with E-state index in [1.165, 1.54) is 19.3 Å². The summed E-state index contributed by atoms with van der Waals surface area (Å²) in [7, 11) is 0. The monoisotopic (exact) mass is 160 g/mol. The van der Waals surface area contributed by atoms with Gasteiger partial charge in [-0.2, -0.15) is 0 Å². The fraction of sp³-hybridized carbons (Fsp3) is 0.500. The van der Waals surface area contributed by atoms with Crippen LogP contribution >= 0.6 is 0 Å². The third-order valence-corrected chi connectivity index (χ3v) is 2.97. The molecule has 0 saturated heterocycles. The lowest BCUT2D eigenvalue weighted by Gasteiger charge is -2.08. The van der Waals surface area contributed by atoms with Crippen molar-refractivity contribution in [3.8, 4) is 0 Å². The van der Waals surface area contributed by atoms with E-state index < -0.39 is 0 Å². The Morgan fingerprint density at radius 2 is 1.83 bits per heavy atom. The SMILES string of the molecule is C[C@@H]1CC[C@@H](c2ccccc2)C1. The molecule has 0 N–H and O–H groups in total. The molecule has 1 aromatic rings. The smallest absolute Gasteiger partial charge is 0.0159 e. The van der Waals surface area contributed by atoms with Crippen LogP contribution in [0.1, 0.15) is 37.7 Å². The predicted octanol–water partition coefficient (Wildman–Crippen LogP) is 3.59. The lowest BCUT2D eigenvalue weighted by atomic mass is 9.97. The summed E-state index contributed by atoms with van der Waals surface area (Å²) in [5.41, 5.74) is 1.54. The van der Waals surface area contributed by atoms with Gasteiger partial charge in [-0.3, -0.25) is 0 Å². The Morgan fingerprint density at radius 3 is 2.42 bits per heavy atom. The molecule has 1 aliphatic rings. The summed E-state index contributed by atoms with van der Waals surface area (Å²) in [5, 5.41) is 0. The van der Waals surface area contributed by atoms with Crippen molar-refractivity contribution >= 4 is 0 Å². The fourth-order valence-electron chi connectivity index (χ4n) is 2.24. The normalized spacial score (nSPS) is 29.1. The molecule has 0 radical (unpaired) electrons. The largest absolute Gasteiger partial charge is 0.0625 e. The molecule has 1 fully saturated rings. The molecule has 0 aliphatic heterocycles. The number of hydrogen-bond acceptors (Lipinski definition) is 0. The highest BCUT2D eigenvalue weighted by atomic mass is 14.3. The van der Waals surface area contributed by atoms with Gasteiger partial charge in [0.25, 0.3) is 0 Å². The summed E-state index contributed by atoms with van der Waals surface area (Å²) in [6, 6.07) is 10.9. The second-order valence-corrected chi connectivity index (χ2v) is 4.03. The van der Waals surface area contributed by atoms with E-state index in [0.29, 0.717) is 0 Å². The average Bonchev–Trinajstić information content (AvgIpc) is 2.54. The molecule has 0 unspecified atom stereocenters. The molecule has 1 aromatic carbocycles. The highest BCUT2D eigenvalue weighted by molar-refractivity contribution is 5.20. The van der Waals surface area contributed by atoms with Gasteiger partial charge in [0.15, 0.2) is 0 Å². The standard InChI is InChI=1S/C12H16/c1-10-7-8-12(9-10)11-5-3-2-4-6-11/h2-6,10,12H,7-9H2,1H3/t10-,12-/m1/s1. The van der Waals surface area contributed by atoms with E-state index in [2.05, 4.69) is 37.3 Å². The molecule has 1 saturated carbocycles. The van der Waals surface area contributed by atoms with E-state index in [9.17, 15) is 0 Å². The molecule has 2 rings (SSSR count). The molecule has 0 bridgehead atoms. The molecule has 12 heavy (non-hydrogen) atoms. The van der Waals surface area contributed by atoms with Gasteiger partial charge in [-0.15, -0.1) is 0 Å². The molecule has 0 aromatic heterocycles. The lowest BCUT2D eigenvalue weighted by Crippen LogP contribution is -1.92. The number of rotatable bonds is 1. The zero-order valence-corrected chi connectivity index (χ0v) is 7.66. The van der Waals surface area contributed by atoms with Crippen molar-refractivity contribution in [2.75, 3.05) is 0 Å². The topological polar surface area (TPSA) is 0 Å². The van der Waals surface area contributed by atoms with Gasteiger partial charge >= 0.3 is 0 Å². The highest BCUT2D eigenvalue weighted by Gasteiger charge is 2.21. The molecule has 0 heteroatoms. The summed E-state index contributed by atoms with van der Waals surface area (Å²) in [6.07, 6.45) is 4.20. The van der Waals surface area contributed by atoms with Crippen LogP contribution < -0.4 is 0 Å². The van der Waals surface area contributed by atoms with Gasteiger partial charge in [0.05, 0.1) is 0 Å². The molecule has 0 amide bonds. The fourth-order valence-corrected chi connectivity index (χ4v) is 2.24. The van der Waals surface area contributed by atoms with Crippen molar-refractivity contribution in [1.29, 1.82) is 0 Å². The molecule has 1 aliphatic carbocycles. The molecule has 64 valence electrons. The van der Waals surface area contributed by atoms with Crippen LogP contribution in [0.25, 0.3) is 0 Å². The Balaban J connectivity index is 2.11. The van der Waals surface area contributed by atoms with Crippen molar-refractivity contribution in [2.45, 2.75) is 32.1 Å². The highest BCUT2D eigenvalue weighted by Crippen LogP contribution is 2.37. The minimum Gasteiger partial charge on any atom is -0.0625 e. The van der Waals surface area contributed by atoms with Gasteiger partial charge in [-0.25, -0.2) is 0 Å². The minimum atomic E-state index is 0.848. The van der Waals surface area contributed by atoms with Crippen LogP contribution in [-0.4, -0.2) is 0 Å². The Hall–Kier alpha value is -0.780. The Bertz CT molecular complexity index is 237. The Morgan fingerprint density at radius 1 is 1.08 bits per heavy atom. The van der Waals surface area contributed by atoms with Gasteiger partial charge in [0.2, 0.25) is 0 Å². The summed E-state index contributed by atoms with van der Waals surface area (Å²) in [5.74, 6) is 1.79. The first-order chi connectivity index (χ1) is 5.86. The summed E-state index contributed by atoms with van der Waals surface area (Å²) in [6.45, 7) is 2.36. The van der Waals surface area contributed by atoms with Crippen LogP contribution in [0.4, 0.5) is 0 Å². The van der Waals surface area contributed by atoms with Gasteiger partial charge in [-0.1, -0.05) is 43.7 Å². The van der Waals surface area contributed by atoms with E-state index in [1.54, 1.807) is 5.56 Å². The maximum absolute atomic E-state index is 2.36. The van der Waals surface area contributed by atoms with Crippen LogP contribution in [0.2, 0.25) is 0 Å². The van der Waals surface area contributed by atoms with Crippen molar-refractivity contribution in [3.05, 3.63) is 35.9 Å². The quantitative estimate of drug-likeness (QED) is 0.589. The van der Waals surface area contributed by atoms with E-state index in [4.69, 9.17) is 0 Å². The first-order valence-corrected chi connectivity index (χ1v) is 4.91. The van der Waals surface area contributed by atoms with E-state index in [0.717, 1.165) is 11.8 Å². The zero-order valence-electron chi connectivity index (χ0n) is 7.66. The first-order valence-electron chi connectivity index (χ1n) is 4.91. The van der Waals surface area contributed by atoms with Crippen LogP contribution in [0.3, 0.4) is 0 Å². The minimum absolute atomic E-state index is 0.848. The van der Waals surface area contributed by atoms with E-state index in [-0.39, 0.29) is 0 Å². The summed E-state index contributed by atoms with van der Waals surface area (Å²) in [4.78, 5) is 0. The molecule has 0 nitrogen and oxygen atoms in total. The third kappa shape index (κ3) is 1.52. The van der Waals surface area contributed by atoms with Crippen LogP contribution in [0, 0.1) is 5.92 Å². The van der Waals surface area contributed by atoms with Crippen molar-refractivity contribution in [3.63, 3.8) is 0 Å². The number of benzene rings is 1. The van der Waals surface area contributed by atoms with E-state index >= 15 is 0 Å². The number of hydrogen-bond donors (Lipinski definition) is 0. The lowest BCUT2D eigenvalue weighted by molar-refractivity contribution is 0.596. The molecule has 0 spiro atoms. The second-order valence-electron chi connectivity index (χ2n) is 4.03. The predicted molar refractivity (Wildman–Crippen MR) is 52.2 cm³/mol. The Kier molecular flexibility index (Phi) is 2.16.